The molecule has 3 nitrogen and oxygen atoms in total. The summed E-state index contributed by atoms with van der Waals surface area (Å²) < 4.78 is 6.59. The normalized spacial score (nSPS) is 10.3. The lowest BCUT2D eigenvalue weighted by atomic mass is 10.2. The highest BCUT2D eigenvalue weighted by molar-refractivity contribution is 9.10. The van der Waals surface area contributed by atoms with Gasteiger partial charge in [0.15, 0.2) is 0 Å². The topological polar surface area (TPSA) is 38.3 Å². The number of hydrogen-bond donors (Lipinski definition) is 1. The SMILES string of the molecule is Cc1cc(OCCCC(=O)Nc2ccccc2)c(Cl)cc1Br. The highest BCUT2D eigenvalue weighted by Crippen LogP contribution is 2.30. The van der Waals surface area contributed by atoms with E-state index < -0.39 is 0 Å². The van der Waals surface area contributed by atoms with Crippen LogP contribution in [0.1, 0.15) is 18.4 Å². The second kappa shape index (κ2) is 8.20. The number of hydrogen-bond acceptors (Lipinski definition) is 2. The van der Waals surface area contributed by atoms with Gasteiger partial charge in [-0.2, -0.15) is 0 Å². The van der Waals surface area contributed by atoms with Crippen LogP contribution in [0.25, 0.3) is 0 Å². The van der Waals surface area contributed by atoms with E-state index in [2.05, 4.69) is 21.2 Å². The van der Waals surface area contributed by atoms with Crippen molar-refractivity contribution in [3.05, 3.63) is 57.5 Å². The Hall–Kier alpha value is -1.52. The third-order valence-electron chi connectivity index (χ3n) is 3.08. The molecule has 1 amide bonds. The monoisotopic (exact) mass is 381 g/mol. The summed E-state index contributed by atoms with van der Waals surface area (Å²) in [7, 11) is 0. The van der Waals surface area contributed by atoms with Crippen molar-refractivity contribution in [3.8, 4) is 5.75 Å². The van der Waals surface area contributed by atoms with E-state index in [0.717, 1.165) is 15.7 Å². The average Bonchev–Trinajstić information content (AvgIpc) is 2.49. The summed E-state index contributed by atoms with van der Waals surface area (Å²) in [4.78, 5) is 11.8. The number of rotatable bonds is 6. The third kappa shape index (κ3) is 5.04. The molecule has 0 bridgehead atoms. The highest BCUT2D eigenvalue weighted by Gasteiger charge is 2.06. The van der Waals surface area contributed by atoms with Gasteiger partial charge < -0.3 is 10.1 Å². The van der Waals surface area contributed by atoms with Crippen molar-refractivity contribution in [1.82, 2.24) is 0 Å². The molecule has 0 aliphatic carbocycles. The molecule has 1 N–H and O–H groups in total. The van der Waals surface area contributed by atoms with E-state index in [1.165, 1.54) is 0 Å². The van der Waals surface area contributed by atoms with Crippen molar-refractivity contribution in [2.75, 3.05) is 11.9 Å². The maximum Gasteiger partial charge on any atom is 0.224 e. The minimum atomic E-state index is -0.0205. The lowest BCUT2D eigenvalue weighted by Crippen LogP contribution is -2.12. The summed E-state index contributed by atoms with van der Waals surface area (Å²) in [6, 6.07) is 13.1. The number of aryl methyl sites for hydroxylation is 1. The van der Waals surface area contributed by atoms with Crippen LogP contribution < -0.4 is 10.1 Å². The third-order valence-corrected chi connectivity index (χ3v) is 4.23. The van der Waals surface area contributed by atoms with Crippen LogP contribution >= 0.6 is 27.5 Å². The van der Waals surface area contributed by atoms with Crippen LogP contribution in [0.2, 0.25) is 5.02 Å². The minimum Gasteiger partial charge on any atom is -0.492 e. The molecule has 0 aliphatic heterocycles. The predicted molar refractivity (Wildman–Crippen MR) is 93.7 cm³/mol. The Morgan fingerprint density at radius 1 is 1.27 bits per heavy atom. The molecule has 0 atom stereocenters. The van der Waals surface area contributed by atoms with Gasteiger partial charge in [-0.1, -0.05) is 45.7 Å². The first-order chi connectivity index (χ1) is 10.6. The van der Waals surface area contributed by atoms with E-state index in [0.29, 0.717) is 30.2 Å². The molecule has 116 valence electrons. The first kappa shape index (κ1) is 16.8. The van der Waals surface area contributed by atoms with Crippen LogP contribution in [-0.4, -0.2) is 12.5 Å². The summed E-state index contributed by atoms with van der Waals surface area (Å²) in [5.41, 5.74) is 1.86. The zero-order valence-electron chi connectivity index (χ0n) is 12.2. The molecular weight excluding hydrogens is 366 g/mol. The molecule has 0 saturated carbocycles. The number of carbonyl (C=O) groups is 1. The van der Waals surface area contributed by atoms with Crippen molar-refractivity contribution < 1.29 is 9.53 Å². The fourth-order valence-electron chi connectivity index (χ4n) is 1.90. The highest BCUT2D eigenvalue weighted by atomic mass is 79.9. The molecule has 0 saturated heterocycles. The van der Waals surface area contributed by atoms with Crippen molar-refractivity contribution in [2.24, 2.45) is 0 Å². The van der Waals surface area contributed by atoms with Gasteiger partial charge in [0, 0.05) is 16.6 Å². The number of benzene rings is 2. The molecule has 22 heavy (non-hydrogen) atoms. The lowest BCUT2D eigenvalue weighted by molar-refractivity contribution is -0.116. The number of para-hydroxylation sites is 1. The van der Waals surface area contributed by atoms with E-state index in [-0.39, 0.29) is 5.91 Å². The summed E-state index contributed by atoms with van der Waals surface area (Å²) in [5.74, 6) is 0.624. The number of halogens is 2. The van der Waals surface area contributed by atoms with Gasteiger partial charge in [-0.15, -0.1) is 0 Å². The minimum absolute atomic E-state index is 0.0205. The molecule has 0 radical (unpaired) electrons. The van der Waals surface area contributed by atoms with Gasteiger partial charge in [0.2, 0.25) is 5.91 Å². The summed E-state index contributed by atoms with van der Waals surface area (Å²) in [6.45, 7) is 2.42. The number of amides is 1. The molecule has 2 aromatic carbocycles. The summed E-state index contributed by atoms with van der Waals surface area (Å²) >= 11 is 9.54. The number of nitrogens with one attached hydrogen (secondary N) is 1. The quantitative estimate of drug-likeness (QED) is 0.697. The van der Waals surface area contributed by atoms with E-state index in [9.17, 15) is 4.79 Å². The van der Waals surface area contributed by atoms with Crippen molar-refractivity contribution in [2.45, 2.75) is 19.8 Å². The summed E-state index contributed by atoms with van der Waals surface area (Å²) in [6.07, 6.45) is 1.03. The van der Waals surface area contributed by atoms with Gasteiger partial charge in [0.05, 0.1) is 11.6 Å². The first-order valence-corrected chi connectivity index (χ1v) is 8.16. The number of anilines is 1. The van der Waals surface area contributed by atoms with Crippen LogP contribution in [0.3, 0.4) is 0 Å². The molecule has 0 unspecified atom stereocenters. The number of ether oxygens (including phenoxy) is 1. The van der Waals surface area contributed by atoms with Crippen molar-refractivity contribution in [1.29, 1.82) is 0 Å². The molecule has 2 aromatic rings. The molecule has 0 aliphatic rings. The molecule has 0 heterocycles. The molecule has 0 aromatic heterocycles. The van der Waals surface area contributed by atoms with Gasteiger partial charge in [0.1, 0.15) is 5.75 Å². The van der Waals surface area contributed by atoms with Crippen LogP contribution in [0.15, 0.2) is 46.9 Å². The Bertz CT molecular complexity index is 647. The van der Waals surface area contributed by atoms with Gasteiger partial charge in [-0.05, 0) is 43.2 Å². The van der Waals surface area contributed by atoms with Gasteiger partial charge in [-0.3, -0.25) is 4.79 Å². The molecule has 2 rings (SSSR count). The maximum atomic E-state index is 11.8. The second-order valence-corrected chi connectivity index (χ2v) is 6.16. The Kier molecular flexibility index (Phi) is 6.28. The standard InChI is InChI=1S/C17H17BrClNO2/c1-12-10-16(15(19)11-14(12)18)22-9-5-8-17(21)20-13-6-3-2-4-7-13/h2-4,6-7,10-11H,5,8-9H2,1H3,(H,20,21). The average molecular weight is 383 g/mol. The van der Waals surface area contributed by atoms with Gasteiger partial charge in [-0.25, -0.2) is 0 Å². The fraction of sp³-hybridized carbons (Fsp3) is 0.235. The zero-order valence-corrected chi connectivity index (χ0v) is 14.6. The smallest absolute Gasteiger partial charge is 0.224 e. The Labute approximate surface area is 143 Å². The largest absolute Gasteiger partial charge is 0.492 e. The van der Waals surface area contributed by atoms with Crippen molar-refractivity contribution in [3.63, 3.8) is 0 Å². The van der Waals surface area contributed by atoms with E-state index in [4.69, 9.17) is 16.3 Å². The maximum absolute atomic E-state index is 11.8. The Balaban J connectivity index is 1.75. The number of carbonyl (C=O) groups excluding carboxylic acids is 1. The summed E-state index contributed by atoms with van der Waals surface area (Å²) in [5, 5.41) is 3.40. The lowest BCUT2D eigenvalue weighted by Gasteiger charge is -2.10. The molecule has 0 spiro atoms. The van der Waals surface area contributed by atoms with E-state index in [1.54, 1.807) is 0 Å². The van der Waals surface area contributed by atoms with Crippen LogP contribution in [-0.2, 0) is 4.79 Å². The molecular formula is C17H17BrClNO2. The van der Waals surface area contributed by atoms with Crippen LogP contribution in [0, 0.1) is 6.92 Å². The van der Waals surface area contributed by atoms with Gasteiger partial charge in [0.25, 0.3) is 0 Å². The Morgan fingerprint density at radius 2 is 2.00 bits per heavy atom. The fourth-order valence-corrected chi connectivity index (χ4v) is 2.59. The molecule has 5 heteroatoms. The van der Waals surface area contributed by atoms with Crippen molar-refractivity contribution >= 4 is 39.1 Å². The van der Waals surface area contributed by atoms with E-state index in [1.807, 2.05) is 49.4 Å². The predicted octanol–water partition coefficient (Wildman–Crippen LogP) is 5.21. The van der Waals surface area contributed by atoms with Gasteiger partial charge >= 0.3 is 0 Å². The second-order valence-electron chi connectivity index (χ2n) is 4.90. The van der Waals surface area contributed by atoms with E-state index >= 15 is 0 Å². The zero-order chi connectivity index (χ0) is 15.9. The Morgan fingerprint density at radius 3 is 2.73 bits per heavy atom. The molecule has 0 fully saturated rings. The van der Waals surface area contributed by atoms with Crippen LogP contribution in [0.5, 0.6) is 5.75 Å². The van der Waals surface area contributed by atoms with Crippen LogP contribution in [0.4, 0.5) is 5.69 Å². The first-order valence-electron chi connectivity index (χ1n) is 6.99.